The van der Waals surface area contributed by atoms with Crippen LogP contribution < -0.4 is 25.8 Å². The zero-order valence-corrected chi connectivity index (χ0v) is 73.5. The first kappa shape index (κ1) is 72.2. The van der Waals surface area contributed by atoms with Crippen molar-refractivity contribution in [2.24, 2.45) is 54.9 Å². The van der Waals surface area contributed by atoms with E-state index in [1.807, 2.05) is 192 Å². The Kier molecular flexibility index (Phi) is 15.6. The number of nitrogens with one attached hydrogen (secondary N) is 1. The first-order valence-corrected chi connectivity index (χ1v) is 51.6. The molecule has 1 unspecified atom stereocenters. The molecule has 0 saturated heterocycles. The van der Waals surface area contributed by atoms with Crippen molar-refractivity contribution in [2.45, 2.75) is 59.5 Å². The standard InChI is InChI=1S/C92H60N16O2.2In.2H2O4S/c1-5-7-33-109-75-57-31-19-17-29-55(57)45(3)71-73(75)91-105-83-65-41-53-27-15-11-23-49(53)37-61(65)79(95-83)99-87-69-44-70-68(43-67(69)85(101-87)97-77-59-35-47-21-9-13-25-51(47)39-63(59)81(93-77)103-89(71)107-91)86-98-78-60-36-48-22-10-14-26-52(48)40-64(60)82(94-78)104-90-72-46(4)56-30-18-20-32-58(56)76(110-34-8-6-2)74(72)92(108-90)106-84-66-42-54-28-16-12-24-50(54)38-62(66)80(96-84)100-88(70)102-86;;;2*1-5(2,3)4/h9-32,35-44,83H,5-8,33-34H2,1-4H3,(H-3,94,95,96,97,98,99,100,101,102,103,104,105,106,107,108);;;2*(H2,1,2,3,4)/q-4;2*+3;;/p-2. The fourth-order valence-electron chi connectivity index (χ4n) is 19.3. The molecule has 9 aliphatic heterocycles. The van der Waals surface area contributed by atoms with Crippen molar-refractivity contribution >= 4 is 238 Å². The molecule has 26 nitrogen and oxygen atoms in total. The number of unbranched alkanes of at least 4 members (excludes halogenated alkanes) is 2. The van der Waals surface area contributed by atoms with E-state index in [2.05, 4.69) is 50.4 Å². The van der Waals surface area contributed by atoms with Crippen molar-refractivity contribution in [3.05, 3.63) is 284 Å². The third-order valence-corrected chi connectivity index (χ3v) is 43.6. The second-order valence-electron chi connectivity index (χ2n) is 31.7. The van der Waals surface area contributed by atoms with Crippen LogP contribution in [-0.2, 0) is 25.4 Å². The molecule has 122 heavy (non-hydrogen) atoms. The maximum atomic E-state index is 14.5. The Morgan fingerprint density at radius 3 is 1.20 bits per heavy atom. The third kappa shape index (κ3) is 10.7. The van der Waals surface area contributed by atoms with Gasteiger partial charge in [0.2, 0.25) is 0 Å². The van der Waals surface area contributed by atoms with E-state index in [1.54, 1.807) is 7.66 Å². The van der Waals surface area contributed by atoms with Crippen LogP contribution in [0.15, 0.2) is 261 Å². The van der Waals surface area contributed by atoms with Crippen LogP contribution in [-0.4, -0.2) is 147 Å². The Morgan fingerprint density at radius 1 is 0.361 bits per heavy atom. The molecule has 12 bridgehead atoms. The van der Waals surface area contributed by atoms with Crippen LogP contribution in [0.1, 0.15) is 112 Å². The minimum absolute atomic E-state index is 0.146. The van der Waals surface area contributed by atoms with Gasteiger partial charge in [0.05, 0.1) is 0 Å². The number of hydrogen-bond acceptors (Lipinski definition) is 21. The Morgan fingerprint density at radius 2 is 0.721 bits per heavy atom. The summed E-state index contributed by atoms with van der Waals surface area (Å²) in [5.41, 5.74) is 7.95. The molecule has 25 rings (SSSR count). The molecule has 1 atom stereocenters. The van der Waals surface area contributed by atoms with Crippen LogP contribution in [0.5, 0.6) is 11.5 Å². The molecule has 30 heteroatoms. The van der Waals surface area contributed by atoms with E-state index in [9.17, 15) is 25.9 Å². The predicted molar refractivity (Wildman–Crippen MR) is 477 cm³/mol. The first-order valence-electron chi connectivity index (χ1n) is 40.3. The number of ether oxygens (including phenoxy) is 2. The summed E-state index contributed by atoms with van der Waals surface area (Å²) < 4.78 is 116. The van der Waals surface area contributed by atoms with E-state index in [1.165, 1.54) is 0 Å². The van der Waals surface area contributed by atoms with E-state index >= 15 is 0 Å². The number of benzene rings is 13. The molecular formula is C92H62In2N16O10S2. The van der Waals surface area contributed by atoms with Crippen LogP contribution in [0.3, 0.4) is 0 Å². The zero-order valence-electron chi connectivity index (χ0n) is 65.3. The molecule has 16 aromatic rings. The maximum absolute atomic E-state index is 14.5. The van der Waals surface area contributed by atoms with Crippen molar-refractivity contribution in [1.29, 1.82) is 0 Å². The van der Waals surface area contributed by atoms with Crippen LogP contribution in [0.2, 0.25) is 0 Å². The molecule has 0 spiro atoms. The van der Waals surface area contributed by atoms with Gasteiger partial charge in [0, 0.05) is 0 Å². The van der Waals surface area contributed by atoms with Crippen LogP contribution in [0.25, 0.3) is 97.0 Å². The monoisotopic (exact) mass is 1840 g/mol. The van der Waals surface area contributed by atoms with E-state index in [4.69, 9.17) is 69.0 Å². The third-order valence-electron chi connectivity index (χ3n) is 24.7. The van der Waals surface area contributed by atoms with Gasteiger partial charge >= 0.3 is 717 Å². The molecule has 588 valence electrons. The van der Waals surface area contributed by atoms with Crippen molar-refractivity contribution < 1.29 is 40.0 Å². The first-order chi connectivity index (χ1) is 59.4. The molecule has 12 heterocycles. The van der Waals surface area contributed by atoms with Crippen molar-refractivity contribution in [2.75, 3.05) is 13.2 Å². The number of amidine groups is 9. The Labute approximate surface area is 711 Å². The van der Waals surface area contributed by atoms with E-state index in [0.717, 1.165) is 101 Å². The molecule has 13 aromatic carbocycles. The topological polar surface area (TPSA) is 312 Å². The summed E-state index contributed by atoms with van der Waals surface area (Å²) in [6, 6.07) is 67.9. The van der Waals surface area contributed by atoms with Gasteiger partial charge in [0.1, 0.15) is 0 Å². The number of fused-ring (bicyclic) bond motifs is 34. The minimum atomic E-state index is -5.55. The van der Waals surface area contributed by atoms with Gasteiger partial charge in [-0.2, -0.15) is 0 Å². The van der Waals surface area contributed by atoms with Gasteiger partial charge in [-0.3, -0.25) is 0 Å². The fourth-order valence-corrected chi connectivity index (χ4v) is 37.7. The summed E-state index contributed by atoms with van der Waals surface area (Å²) in [6.07, 6.45) is 2.22. The van der Waals surface area contributed by atoms with Crippen molar-refractivity contribution in [3.63, 3.8) is 0 Å². The van der Waals surface area contributed by atoms with E-state index < -0.39 is 71.9 Å². The molecule has 0 fully saturated rings. The number of nitrogens with zero attached hydrogens (tertiary/aromatic N) is 15. The normalized spacial score (nSPS) is 16.2. The average Bonchev–Trinajstić information content (AvgIpc) is 1.54. The second-order valence-corrected chi connectivity index (χ2v) is 46.9. The van der Waals surface area contributed by atoms with Gasteiger partial charge in [0.25, 0.3) is 0 Å². The predicted octanol–water partition coefficient (Wildman–Crippen LogP) is 16.3. The summed E-state index contributed by atoms with van der Waals surface area (Å²) in [4.78, 5) is 62.4. The van der Waals surface area contributed by atoms with Crippen molar-refractivity contribution in [3.8, 4) is 11.5 Å². The molecule has 3 N–H and O–H groups in total. The van der Waals surface area contributed by atoms with E-state index in [-0.39, 0.29) is 75.1 Å². The number of aryl methyl sites for hydroxylation is 2. The van der Waals surface area contributed by atoms with Crippen LogP contribution in [0, 0.1) is 13.8 Å². The molecule has 0 saturated carbocycles. The van der Waals surface area contributed by atoms with Crippen LogP contribution in [0.4, 0.5) is 23.3 Å². The molecule has 0 aliphatic carbocycles. The van der Waals surface area contributed by atoms with Gasteiger partial charge in [-0.1, -0.05) is 0 Å². The average molecular weight is 1850 g/mol. The molecule has 3 aromatic heterocycles. The summed E-state index contributed by atoms with van der Waals surface area (Å²) in [6.45, 7) is 9.11. The van der Waals surface area contributed by atoms with Gasteiger partial charge in [0.15, 0.2) is 0 Å². The van der Waals surface area contributed by atoms with Gasteiger partial charge in [-0.15, -0.1) is 0 Å². The summed E-state index contributed by atoms with van der Waals surface area (Å²) >= 11 is -11.0. The van der Waals surface area contributed by atoms with Gasteiger partial charge in [-0.05, 0) is 0 Å². The molecular weight excluding hydrogens is 1780 g/mol. The fraction of sp³-hybridized carbons (Fsp3) is 0.120. The Balaban J connectivity index is 0.810. The Bertz CT molecular complexity index is 8430. The second kappa shape index (κ2) is 26.4. The number of aliphatic imine (C=N–C) groups is 9. The molecule has 9 aliphatic rings. The molecule has 0 radical (unpaired) electrons. The molecule has 0 amide bonds. The number of rotatable bonds is 12. The number of hydrogen-bond donors (Lipinski definition) is 3. The Hall–Kier alpha value is -12.6. The SMILES string of the molecule is CCCCOc1c2c(c(C)c3ccccc13)C1=NC2=Nc2c3cc4ccccc4cc3c3[n]2[In]([O]S(=O)(=O)O)[n]2c(c4cc5ccccc5cc4c2=N1)=NC1=NC(=N3)c2cc3c(cc21)C1=Nc2c4cc5ccccc5cc4c4[n]2[In]([O]S(=O)(=O)O)[N]2C(=NC3=N1)c1cc3ccccc3cc1C2NC1=NC(=N4)c2c1c(OCCCC)c1ccccc1c2C. The summed E-state index contributed by atoms with van der Waals surface area (Å²) in [5, 5.41) is 17.5. The van der Waals surface area contributed by atoms with Crippen molar-refractivity contribution in [1.82, 2.24) is 15.9 Å². The van der Waals surface area contributed by atoms with E-state index in [0.29, 0.717) is 124 Å². The van der Waals surface area contributed by atoms with Crippen LogP contribution >= 0.6 is 0 Å². The van der Waals surface area contributed by atoms with Gasteiger partial charge < -0.3 is 0 Å². The number of aromatic nitrogens is 3. The summed E-state index contributed by atoms with van der Waals surface area (Å²) in [5.74, 6) is 4.19. The zero-order chi connectivity index (χ0) is 81.8. The quantitative estimate of drug-likeness (QED) is 0.0759. The summed E-state index contributed by atoms with van der Waals surface area (Å²) in [7, 11) is -10.8. The van der Waals surface area contributed by atoms with Gasteiger partial charge in [-0.25, -0.2) is 0 Å².